The van der Waals surface area contributed by atoms with Gasteiger partial charge in [0.15, 0.2) is 0 Å². The van der Waals surface area contributed by atoms with Crippen LogP contribution in [0.4, 0.5) is 0 Å². The maximum absolute atomic E-state index is 11.7. The fraction of sp³-hybridized carbons (Fsp3) is 0.533. The number of aliphatic carboxylic acids is 1. The summed E-state index contributed by atoms with van der Waals surface area (Å²) in [6.07, 6.45) is 2.84. The Morgan fingerprint density at radius 2 is 2.00 bits per heavy atom. The molecule has 1 N–H and O–H groups in total. The van der Waals surface area contributed by atoms with Gasteiger partial charge in [-0.3, -0.25) is 4.79 Å². The third-order valence-electron chi connectivity index (χ3n) is 4.91. The van der Waals surface area contributed by atoms with Crippen molar-refractivity contribution in [3.63, 3.8) is 0 Å². The van der Waals surface area contributed by atoms with E-state index in [4.69, 9.17) is 0 Å². The first-order chi connectivity index (χ1) is 7.99. The molecule has 1 aromatic rings. The summed E-state index contributed by atoms with van der Waals surface area (Å²) >= 11 is 0. The van der Waals surface area contributed by atoms with Crippen molar-refractivity contribution < 1.29 is 9.90 Å². The van der Waals surface area contributed by atoms with Gasteiger partial charge in [-0.1, -0.05) is 38.1 Å². The van der Waals surface area contributed by atoms with Crippen LogP contribution in [0.1, 0.15) is 43.7 Å². The van der Waals surface area contributed by atoms with Gasteiger partial charge in [0.05, 0.1) is 5.41 Å². The molecule has 0 heterocycles. The number of rotatable bonds is 2. The molecule has 2 nitrogen and oxygen atoms in total. The Labute approximate surface area is 102 Å². The summed E-state index contributed by atoms with van der Waals surface area (Å²) in [6.45, 7) is 4.17. The third-order valence-corrected chi connectivity index (χ3v) is 4.91. The van der Waals surface area contributed by atoms with E-state index in [1.807, 2.05) is 12.1 Å². The van der Waals surface area contributed by atoms with Gasteiger partial charge in [0, 0.05) is 5.92 Å². The number of carboxylic acids is 1. The molecule has 0 amide bonds. The van der Waals surface area contributed by atoms with Gasteiger partial charge >= 0.3 is 5.97 Å². The lowest BCUT2D eigenvalue weighted by Crippen LogP contribution is -2.27. The van der Waals surface area contributed by atoms with Crippen LogP contribution in [0, 0.1) is 10.8 Å². The van der Waals surface area contributed by atoms with Gasteiger partial charge in [0.25, 0.3) is 0 Å². The molecule has 2 aliphatic rings. The van der Waals surface area contributed by atoms with Crippen molar-refractivity contribution in [2.75, 3.05) is 0 Å². The van der Waals surface area contributed by atoms with Crippen LogP contribution < -0.4 is 0 Å². The number of carboxylic acid groups (broad SMARTS) is 1. The van der Waals surface area contributed by atoms with Gasteiger partial charge in [0.1, 0.15) is 0 Å². The first-order valence-corrected chi connectivity index (χ1v) is 6.30. The molecule has 3 rings (SSSR count). The summed E-state index contributed by atoms with van der Waals surface area (Å²) in [5, 5.41) is 9.63. The van der Waals surface area contributed by atoms with Crippen molar-refractivity contribution in [1.29, 1.82) is 0 Å². The first-order valence-electron chi connectivity index (χ1n) is 6.30. The van der Waals surface area contributed by atoms with Gasteiger partial charge < -0.3 is 5.11 Å². The summed E-state index contributed by atoms with van der Waals surface area (Å²) in [5.41, 5.74) is 2.06. The molecule has 17 heavy (non-hydrogen) atoms. The molecule has 2 aliphatic carbocycles. The minimum absolute atomic E-state index is 0.0546. The largest absolute Gasteiger partial charge is 0.481 e. The lowest BCUT2D eigenvalue weighted by atomic mass is 9.79. The highest BCUT2D eigenvalue weighted by Gasteiger charge is 2.70. The van der Waals surface area contributed by atoms with Gasteiger partial charge in [0.2, 0.25) is 0 Å². The second kappa shape index (κ2) is 3.12. The third kappa shape index (κ3) is 1.24. The van der Waals surface area contributed by atoms with Crippen LogP contribution >= 0.6 is 0 Å². The van der Waals surface area contributed by atoms with Crippen molar-refractivity contribution in [3.05, 3.63) is 35.4 Å². The number of fused-ring (bicyclic) bond motifs is 1. The quantitative estimate of drug-likeness (QED) is 0.847. The molecule has 1 aromatic carbocycles. The highest BCUT2D eigenvalue weighted by Crippen LogP contribution is 2.72. The fourth-order valence-electron chi connectivity index (χ4n) is 3.83. The normalized spacial score (nSPS) is 33.2. The predicted octanol–water partition coefficient (Wildman–Crippen LogP) is 3.22. The predicted molar refractivity (Wildman–Crippen MR) is 66.0 cm³/mol. The van der Waals surface area contributed by atoms with Crippen molar-refractivity contribution in [2.24, 2.45) is 10.8 Å². The van der Waals surface area contributed by atoms with Crippen LogP contribution in [0.5, 0.6) is 0 Å². The van der Waals surface area contributed by atoms with E-state index in [1.54, 1.807) is 0 Å². The van der Waals surface area contributed by atoms with Gasteiger partial charge in [-0.25, -0.2) is 0 Å². The smallest absolute Gasteiger partial charge is 0.310 e. The minimum atomic E-state index is -0.607. The molecule has 2 atom stereocenters. The SMILES string of the molecule is CC1(C)CC1(C(=O)O)C1CCc2ccccc21. The molecule has 0 radical (unpaired) electrons. The van der Waals surface area contributed by atoms with E-state index in [0.717, 1.165) is 19.3 Å². The maximum atomic E-state index is 11.7. The first kappa shape index (κ1) is 10.8. The lowest BCUT2D eigenvalue weighted by molar-refractivity contribution is -0.145. The van der Waals surface area contributed by atoms with Gasteiger partial charge in [-0.05, 0) is 35.8 Å². The Hall–Kier alpha value is -1.31. The number of benzene rings is 1. The average molecular weight is 230 g/mol. The van der Waals surface area contributed by atoms with Crippen LogP contribution in [0.25, 0.3) is 0 Å². The molecule has 1 saturated carbocycles. The summed E-state index contributed by atoms with van der Waals surface area (Å²) in [7, 11) is 0. The van der Waals surface area contributed by atoms with Crippen molar-refractivity contribution >= 4 is 5.97 Å². The number of hydrogen-bond acceptors (Lipinski definition) is 1. The molecule has 90 valence electrons. The van der Waals surface area contributed by atoms with Crippen molar-refractivity contribution in [3.8, 4) is 0 Å². The number of carbonyl (C=O) groups is 1. The Morgan fingerprint density at radius 1 is 1.35 bits per heavy atom. The van der Waals surface area contributed by atoms with Crippen molar-refractivity contribution in [2.45, 2.75) is 39.0 Å². The van der Waals surface area contributed by atoms with E-state index < -0.39 is 11.4 Å². The van der Waals surface area contributed by atoms with Crippen LogP contribution in [0.15, 0.2) is 24.3 Å². The topological polar surface area (TPSA) is 37.3 Å². The molecule has 0 bridgehead atoms. The van der Waals surface area contributed by atoms with E-state index in [2.05, 4.69) is 26.0 Å². The Morgan fingerprint density at radius 3 is 2.59 bits per heavy atom. The number of aryl methyl sites for hydroxylation is 1. The number of hydrogen-bond donors (Lipinski definition) is 1. The van der Waals surface area contributed by atoms with Gasteiger partial charge in [-0.2, -0.15) is 0 Å². The van der Waals surface area contributed by atoms with Crippen LogP contribution in [-0.4, -0.2) is 11.1 Å². The Bertz CT molecular complexity index is 489. The zero-order valence-electron chi connectivity index (χ0n) is 10.4. The Kier molecular flexibility index (Phi) is 1.99. The van der Waals surface area contributed by atoms with Crippen LogP contribution in [-0.2, 0) is 11.2 Å². The zero-order valence-corrected chi connectivity index (χ0v) is 10.4. The van der Waals surface area contributed by atoms with Gasteiger partial charge in [-0.15, -0.1) is 0 Å². The summed E-state index contributed by atoms with van der Waals surface area (Å²) in [4.78, 5) is 11.7. The van der Waals surface area contributed by atoms with Crippen LogP contribution in [0.2, 0.25) is 0 Å². The summed E-state index contributed by atoms with van der Waals surface area (Å²) in [6, 6.07) is 8.33. The second-order valence-corrected chi connectivity index (χ2v) is 6.13. The molecule has 2 heteroatoms. The monoisotopic (exact) mass is 230 g/mol. The van der Waals surface area contributed by atoms with Crippen molar-refractivity contribution in [1.82, 2.24) is 0 Å². The Balaban J connectivity index is 2.05. The molecular weight excluding hydrogens is 212 g/mol. The minimum Gasteiger partial charge on any atom is -0.481 e. The summed E-state index contributed by atoms with van der Waals surface area (Å²) < 4.78 is 0. The highest BCUT2D eigenvalue weighted by molar-refractivity contribution is 5.82. The van der Waals surface area contributed by atoms with E-state index in [-0.39, 0.29) is 11.3 Å². The molecular formula is C15H18O2. The highest BCUT2D eigenvalue weighted by atomic mass is 16.4. The second-order valence-electron chi connectivity index (χ2n) is 6.13. The van der Waals surface area contributed by atoms with E-state index >= 15 is 0 Å². The molecule has 1 fully saturated rings. The van der Waals surface area contributed by atoms with E-state index in [0.29, 0.717) is 0 Å². The maximum Gasteiger partial charge on any atom is 0.310 e. The molecule has 2 unspecified atom stereocenters. The average Bonchev–Trinajstić information content (AvgIpc) is 2.70. The standard InChI is InChI=1S/C15H18O2/c1-14(2)9-15(14,13(16)17)12-8-7-10-5-3-4-6-11(10)12/h3-6,12H,7-9H2,1-2H3,(H,16,17). The van der Waals surface area contributed by atoms with E-state index in [1.165, 1.54) is 11.1 Å². The molecule has 0 aliphatic heterocycles. The molecule has 0 aromatic heterocycles. The molecule has 0 saturated heterocycles. The van der Waals surface area contributed by atoms with Crippen LogP contribution in [0.3, 0.4) is 0 Å². The zero-order chi connectivity index (χ0) is 12.3. The molecule has 0 spiro atoms. The van der Waals surface area contributed by atoms with E-state index in [9.17, 15) is 9.90 Å². The lowest BCUT2D eigenvalue weighted by Gasteiger charge is -2.24. The summed E-state index contributed by atoms with van der Waals surface area (Å²) in [5.74, 6) is -0.393. The fourth-order valence-corrected chi connectivity index (χ4v) is 3.83.